The zero-order valence-electron chi connectivity index (χ0n) is 13.7. The number of halogens is 4. The fourth-order valence-electron chi connectivity index (χ4n) is 2.42. The summed E-state index contributed by atoms with van der Waals surface area (Å²) in [5, 5.41) is 2.55. The molecule has 0 spiro atoms. The minimum atomic E-state index is -4.49. The summed E-state index contributed by atoms with van der Waals surface area (Å²) in [7, 11) is 0. The van der Waals surface area contributed by atoms with Gasteiger partial charge in [-0.05, 0) is 25.1 Å². The molecule has 1 amide bonds. The molecule has 0 aromatic heterocycles. The summed E-state index contributed by atoms with van der Waals surface area (Å²) in [6, 6.07) is 12.6. The molecule has 0 aliphatic rings. The first-order valence-corrected chi connectivity index (χ1v) is 8.21. The van der Waals surface area contributed by atoms with Gasteiger partial charge in [0.15, 0.2) is 6.54 Å². The second-order valence-electron chi connectivity index (χ2n) is 5.68. The summed E-state index contributed by atoms with van der Waals surface area (Å²) in [5.41, 5.74) is 0.206. The van der Waals surface area contributed by atoms with E-state index in [-0.39, 0.29) is 23.2 Å². The highest BCUT2D eigenvalue weighted by Gasteiger charge is 2.31. The number of alkyl halides is 3. The normalized spacial score (nSPS) is 12.7. The molecule has 0 fully saturated rings. The van der Waals surface area contributed by atoms with Gasteiger partial charge in [0.2, 0.25) is 0 Å². The number of rotatable bonds is 6. The fourth-order valence-corrected chi connectivity index (χ4v) is 2.58. The van der Waals surface area contributed by atoms with E-state index in [1.54, 1.807) is 0 Å². The number of hydrogen-bond donors (Lipinski definition) is 2. The van der Waals surface area contributed by atoms with E-state index in [1.807, 2.05) is 37.3 Å². The molecule has 0 saturated carbocycles. The first kappa shape index (κ1) is 19.3. The Balaban J connectivity index is 2.03. The summed E-state index contributed by atoms with van der Waals surface area (Å²) in [4.78, 5) is 13.2. The largest absolute Gasteiger partial charge is 0.416 e. The van der Waals surface area contributed by atoms with Gasteiger partial charge in [0, 0.05) is 5.56 Å². The molecule has 2 aromatic rings. The molecule has 134 valence electrons. The molecule has 2 N–H and O–H groups in total. The maximum Gasteiger partial charge on any atom is 0.416 e. The highest BCUT2D eigenvalue weighted by atomic mass is 35.5. The summed E-state index contributed by atoms with van der Waals surface area (Å²) >= 11 is 5.90. The smallest absolute Gasteiger partial charge is 0.324 e. The molecule has 0 aliphatic heterocycles. The molecule has 0 saturated heterocycles. The van der Waals surface area contributed by atoms with Crippen LogP contribution in [0.25, 0.3) is 0 Å². The van der Waals surface area contributed by atoms with E-state index in [9.17, 15) is 18.0 Å². The molecular formula is C18H19ClF3N2O+. The third-order valence-corrected chi connectivity index (χ3v) is 4.10. The van der Waals surface area contributed by atoms with Crippen molar-refractivity contribution in [3.63, 3.8) is 0 Å². The van der Waals surface area contributed by atoms with Gasteiger partial charge in [-0.2, -0.15) is 13.2 Å². The minimum Gasteiger partial charge on any atom is -0.324 e. The Morgan fingerprint density at radius 3 is 2.44 bits per heavy atom. The molecule has 1 unspecified atom stereocenters. The number of carbonyl (C=O) groups is 1. The van der Waals surface area contributed by atoms with Gasteiger partial charge in [0.05, 0.1) is 22.8 Å². The number of benzene rings is 2. The van der Waals surface area contributed by atoms with Gasteiger partial charge < -0.3 is 10.2 Å². The van der Waals surface area contributed by atoms with Gasteiger partial charge in [-0.3, -0.25) is 4.79 Å². The first-order chi connectivity index (χ1) is 11.8. The SMILES string of the molecule is CC[NH+](CC(=O)Nc1cc(C(F)(F)F)ccc1Cl)Cc1ccccc1. The van der Waals surface area contributed by atoms with Crippen molar-refractivity contribution < 1.29 is 22.9 Å². The van der Waals surface area contributed by atoms with Gasteiger partial charge in [0.25, 0.3) is 5.91 Å². The first-order valence-electron chi connectivity index (χ1n) is 7.83. The molecular weight excluding hydrogens is 353 g/mol. The number of hydrogen-bond acceptors (Lipinski definition) is 1. The number of nitrogens with one attached hydrogen (secondary N) is 2. The number of amides is 1. The lowest BCUT2D eigenvalue weighted by molar-refractivity contribution is -0.903. The lowest BCUT2D eigenvalue weighted by Gasteiger charge is -2.18. The lowest BCUT2D eigenvalue weighted by atomic mass is 10.2. The molecule has 25 heavy (non-hydrogen) atoms. The third-order valence-electron chi connectivity index (χ3n) is 3.78. The third kappa shape index (κ3) is 5.76. The van der Waals surface area contributed by atoms with E-state index in [2.05, 4.69) is 5.32 Å². The zero-order valence-corrected chi connectivity index (χ0v) is 14.4. The molecule has 0 radical (unpaired) electrons. The predicted octanol–water partition coefficient (Wildman–Crippen LogP) is 3.40. The standard InChI is InChI=1S/C18H18ClF3N2O/c1-2-24(11-13-6-4-3-5-7-13)12-17(25)23-16-10-14(18(20,21)22)8-9-15(16)19/h3-10H,2,11-12H2,1H3,(H,23,25)/p+1. The van der Waals surface area contributed by atoms with Crippen LogP contribution in [0, 0.1) is 0 Å². The zero-order chi connectivity index (χ0) is 18.4. The fraction of sp³-hybridized carbons (Fsp3) is 0.278. The monoisotopic (exact) mass is 371 g/mol. The van der Waals surface area contributed by atoms with E-state index >= 15 is 0 Å². The van der Waals surface area contributed by atoms with Crippen molar-refractivity contribution in [1.29, 1.82) is 0 Å². The van der Waals surface area contributed by atoms with E-state index < -0.39 is 11.7 Å². The van der Waals surface area contributed by atoms with Crippen LogP contribution in [-0.4, -0.2) is 19.0 Å². The molecule has 1 atom stereocenters. The molecule has 0 aliphatic carbocycles. The summed E-state index contributed by atoms with van der Waals surface area (Å²) in [6.45, 7) is 3.44. The average Bonchev–Trinajstić information content (AvgIpc) is 2.56. The van der Waals surface area contributed by atoms with E-state index in [0.29, 0.717) is 13.1 Å². The van der Waals surface area contributed by atoms with E-state index in [0.717, 1.165) is 28.7 Å². The van der Waals surface area contributed by atoms with Crippen molar-refractivity contribution in [3.8, 4) is 0 Å². The van der Waals surface area contributed by atoms with Crippen molar-refractivity contribution in [2.45, 2.75) is 19.6 Å². The van der Waals surface area contributed by atoms with Crippen LogP contribution in [0.5, 0.6) is 0 Å². The maximum absolute atomic E-state index is 12.8. The van der Waals surface area contributed by atoms with Gasteiger partial charge in [-0.1, -0.05) is 41.9 Å². The van der Waals surface area contributed by atoms with Crippen molar-refractivity contribution in [1.82, 2.24) is 0 Å². The molecule has 3 nitrogen and oxygen atoms in total. The van der Waals surface area contributed by atoms with Crippen LogP contribution in [0.3, 0.4) is 0 Å². The van der Waals surface area contributed by atoms with E-state index in [1.165, 1.54) is 0 Å². The Hall–Kier alpha value is -2.05. The van der Waals surface area contributed by atoms with Crippen molar-refractivity contribution in [2.24, 2.45) is 0 Å². The summed E-state index contributed by atoms with van der Waals surface area (Å²) < 4.78 is 38.4. The van der Waals surface area contributed by atoms with Gasteiger partial charge >= 0.3 is 6.18 Å². The maximum atomic E-state index is 12.8. The quantitative estimate of drug-likeness (QED) is 0.801. The average molecular weight is 372 g/mol. The molecule has 2 rings (SSSR count). The summed E-state index contributed by atoms with van der Waals surface area (Å²) in [6.07, 6.45) is -4.49. The highest BCUT2D eigenvalue weighted by molar-refractivity contribution is 6.33. The predicted molar refractivity (Wildman–Crippen MR) is 91.6 cm³/mol. The van der Waals surface area contributed by atoms with Crippen LogP contribution < -0.4 is 10.2 Å². The summed E-state index contributed by atoms with van der Waals surface area (Å²) in [5.74, 6) is -0.381. The molecule has 0 heterocycles. The Morgan fingerprint density at radius 1 is 1.16 bits per heavy atom. The van der Waals surface area contributed by atoms with E-state index in [4.69, 9.17) is 11.6 Å². The number of anilines is 1. The van der Waals surface area contributed by atoms with Crippen molar-refractivity contribution in [2.75, 3.05) is 18.4 Å². The number of carbonyl (C=O) groups excluding carboxylic acids is 1. The van der Waals surface area contributed by atoms with Crippen LogP contribution in [-0.2, 0) is 17.5 Å². The minimum absolute atomic E-state index is 0.0309. The highest BCUT2D eigenvalue weighted by Crippen LogP contribution is 2.33. The van der Waals surface area contributed by atoms with Gasteiger partial charge in [0.1, 0.15) is 6.54 Å². The van der Waals surface area contributed by atoms with Gasteiger partial charge in [-0.15, -0.1) is 0 Å². The Morgan fingerprint density at radius 2 is 1.84 bits per heavy atom. The molecule has 7 heteroatoms. The van der Waals surface area contributed by atoms with Crippen LogP contribution in [0.4, 0.5) is 18.9 Å². The number of quaternary nitrogens is 1. The Labute approximate surface area is 149 Å². The number of likely N-dealkylation sites (N-methyl/N-ethyl adjacent to an activating group) is 1. The Bertz CT molecular complexity index is 720. The van der Waals surface area contributed by atoms with Gasteiger partial charge in [-0.25, -0.2) is 0 Å². The molecule has 2 aromatic carbocycles. The van der Waals surface area contributed by atoms with Crippen molar-refractivity contribution in [3.05, 3.63) is 64.7 Å². The van der Waals surface area contributed by atoms with Crippen LogP contribution in [0.1, 0.15) is 18.1 Å². The van der Waals surface area contributed by atoms with Crippen molar-refractivity contribution >= 4 is 23.2 Å². The van der Waals surface area contributed by atoms with Crippen LogP contribution >= 0.6 is 11.6 Å². The van der Waals surface area contributed by atoms with Crippen LogP contribution in [0.15, 0.2) is 48.5 Å². The topological polar surface area (TPSA) is 33.5 Å². The second kappa shape index (κ2) is 8.36. The van der Waals surface area contributed by atoms with Crippen LogP contribution in [0.2, 0.25) is 5.02 Å². The molecule has 0 bridgehead atoms. The second-order valence-corrected chi connectivity index (χ2v) is 6.09. The Kier molecular flexibility index (Phi) is 6.45. The lowest BCUT2D eigenvalue weighted by Crippen LogP contribution is -3.11.